The smallest absolute Gasteiger partial charge is 0.439 e. The van der Waals surface area contributed by atoms with Crippen molar-refractivity contribution in [2.75, 3.05) is 13.2 Å². The molecule has 0 amide bonds. The number of esters is 3. The highest BCUT2D eigenvalue weighted by atomic mass is 19.4. The van der Waals surface area contributed by atoms with Gasteiger partial charge in [0.05, 0.1) is 10.8 Å². The van der Waals surface area contributed by atoms with Crippen molar-refractivity contribution in [2.24, 2.45) is 28.6 Å². The van der Waals surface area contributed by atoms with Crippen molar-refractivity contribution >= 4 is 17.9 Å². The molecule has 0 N–H and O–H groups in total. The maximum absolute atomic E-state index is 13.9. The summed E-state index contributed by atoms with van der Waals surface area (Å²) in [6, 6.07) is 0. The van der Waals surface area contributed by atoms with Crippen molar-refractivity contribution in [1.82, 2.24) is 0 Å². The number of carbonyl (C=O) groups excluding carboxylic acids is 3. The Morgan fingerprint density at radius 2 is 1.24 bits per heavy atom. The average molecular weight is 495 g/mol. The summed E-state index contributed by atoms with van der Waals surface area (Å²) in [6.07, 6.45) is -0.0467. The largest absolute Gasteiger partial charge is 0.462 e. The topological polar surface area (TPSA) is 78.9 Å². The Morgan fingerprint density at radius 3 is 1.62 bits per heavy atom. The number of halogens is 3. The van der Waals surface area contributed by atoms with E-state index in [1.807, 2.05) is 0 Å². The second kappa shape index (κ2) is 10.4. The first-order valence-electron chi connectivity index (χ1n) is 11.4. The molecular formula is C25H41F3O6. The lowest BCUT2D eigenvalue weighted by Gasteiger charge is -2.55. The van der Waals surface area contributed by atoms with Gasteiger partial charge < -0.3 is 14.2 Å². The molecule has 9 heteroatoms. The molecule has 4 fully saturated rings. The van der Waals surface area contributed by atoms with E-state index in [9.17, 15) is 27.6 Å². The van der Waals surface area contributed by atoms with Crippen molar-refractivity contribution in [1.29, 1.82) is 0 Å². The standard InChI is InChI=1S/C23H33F3O6.2CH4/c1-5-20(2,3)17(27)30-6-7-31-18(28)21(4,23(24,25)26)32-19(29)22-11-14-8-15(12-22)10-16(9-14)13-22;;/h14-16H,5-13H2,1-4H3;2*1H4. The van der Waals surface area contributed by atoms with Crippen LogP contribution in [0.4, 0.5) is 13.2 Å². The van der Waals surface area contributed by atoms with Gasteiger partial charge in [-0.05, 0) is 83.5 Å². The predicted molar refractivity (Wildman–Crippen MR) is 121 cm³/mol. The molecule has 4 aliphatic rings. The minimum Gasteiger partial charge on any atom is -0.462 e. The van der Waals surface area contributed by atoms with Crippen LogP contribution in [0.1, 0.15) is 87.5 Å². The molecule has 6 nitrogen and oxygen atoms in total. The van der Waals surface area contributed by atoms with Crippen LogP contribution in [-0.2, 0) is 28.6 Å². The number of hydrogen-bond acceptors (Lipinski definition) is 6. The number of ether oxygens (including phenoxy) is 3. The number of hydrogen-bond donors (Lipinski definition) is 0. The summed E-state index contributed by atoms with van der Waals surface area (Å²) < 4.78 is 56.3. The third kappa shape index (κ3) is 5.70. The van der Waals surface area contributed by atoms with Gasteiger partial charge >= 0.3 is 24.1 Å². The monoisotopic (exact) mass is 494 g/mol. The molecule has 0 saturated heterocycles. The van der Waals surface area contributed by atoms with Gasteiger partial charge in [0.25, 0.3) is 5.60 Å². The second-order valence-electron chi connectivity index (χ2n) is 10.6. The molecule has 34 heavy (non-hydrogen) atoms. The Morgan fingerprint density at radius 1 is 0.824 bits per heavy atom. The molecule has 4 saturated carbocycles. The highest BCUT2D eigenvalue weighted by Crippen LogP contribution is 2.60. The lowest BCUT2D eigenvalue weighted by Crippen LogP contribution is -2.58. The van der Waals surface area contributed by atoms with Gasteiger partial charge in [-0.15, -0.1) is 0 Å². The number of carbonyl (C=O) groups is 3. The van der Waals surface area contributed by atoms with Crippen LogP contribution in [0.5, 0.6) is 0 Å². The summed E-state index contributed by atoms with van der Waals surface area (Å²) >= 11 is 0. The predicted octanol–water partition coefficient (Wildman–Crippen LogP) is 5.86. The molecule has 1 unspecified atom stereocenters. The molecule has 4 rings (SSSR count). The molecule has 198 valence electrons. The minimum atomic E-state index is -5.15. The Labute approximate surface area is 201 Å². The van der Waals surface area contributed by atoms with Crippen molar-refractivity contribution < 1.29 is 41.8 Å². The van der Waals surface area contributed by atoms with E-state index in [1.54, 1.807) is 20.8 Å². The van der Waals surface area contributed by atoms with Crippen LogP contribution in [0, 0.1) is 28.6 Å². The van der Waals surface area contributed by atoms with E-state index in [2.05, 4.69) is 0 Å². The molecule has 1 atom stereocenters. The van der Waals surface area contributed by atoms with Crippen LogP contribution in [0.3, 0.4) is 0 Å². The Bertz CT molecular complexity index is 725. The van der Waals surface area contributed by atoms with Crippen LogP contribution in [0.2, 0.25) is 0 Å². The highest BCUT2D eigenvalue weighted by molar-refractivity contribution is 5.86. The summed E-state index contributed by atoms with van der Waals surface area (Å²) in [4.78, 5) is 37.4. The lowest BCUT2D eigenvalue weighted by molar-refractivity contribution is -0.272. The third-order valence-corrected chi connectivity index (χ3v) is 7.68. The molecule has 0 heterocycles. The summed E-state index contributed by atoms with van der Waals surface area (Å²) in [5, 5.41) is 0. The molecule has 0 aliphatic heterocycles. The van der Waals surface area contributed by atoms with E-state index in [1.165, 1.54) is 0 Å². The zero-order valence-corrected chi connectivity index (χ0v) is 19.2. The summed E-state index contributed by atoms with van der Waals surface area (Å²) in [5.74, 6) is -2.21. The summed E-state index contributed by atoms with van der Waals surface area (Å²) in [6.45, 7) is 4.72. The van der Waals surface area contributed by atoms with Gasteiger partial charge in [-0.3, -0.25) is 9.59 Å². The van der Waals surface area contributed by atoms with Crippen LogP contribution < -0.4 is 0 Å². The van der Waals surface area contributed by atoms with Crippen LogP contribution in [0.15, 0.2) is 0 Å². The van der Waals surface area contributed by atoms with Crippen molar-refractivity contribution in [2.45, 2.75) is 99.3 Å². The first-order valence-corrected chi connectivity index (χ1v) is 11.4. The van der Waals surface area contributed by atoms with Crippen molar-refractivity contribution in [3.8, 4) is 0 Å². The van der Waals surface area contributed by atoms with Gasteiger partial charge in [-0.2, -0.15) is 13.2 Å². The van der Waals surface area contributed by atoms with E-state index < -0.39 is 47.1 Å². The number of rotatable bonds is 8. The lowest BCUT2D eigenvalue weighted by atomic mass is 9.49. The van der Waals surface area contributed by atoms with E-state index in [0.717, 1.165) is 19.3 Å². The fraction of sp³-hybridized carbons (Fsp3) is 0.880. The van der Waals surface area contributed by atoms with Crippen LogP contribution >= 0.6 is 0 Å². The zero-order chi connectivity index (χ0) is 23.9. The second-order valence-corrected chi connectivity index (χ2v) is 10.6. The minimum absolute atomic E-state index is 0. The molecule has 4 aliphatic carbocycles. The van der Waals surface area contributed by atoms with Crippen LogP contribution in [0.25, 0.3) is 0 Å². The quantitative estimate of drug-likeness (QED) is 0.239. The maximum atomic E-state index is 13.9. The first kappa shape index (κ1) is 30.2. The number of alkyl halides is 3. The zero-order valence-electron chi connectivity index (χ0n) is 19.2. The molecule has 0 radical (unpaired) electrons. The van der Waals surface area contributed by atoms with E-state index in [-0.39, 0.29) is 21.5 Å². The fourth-order valence-electron chi connectivity index (χ4n) is 5.62. The first-order chi connectivity index (χ1) is 14.7. The molecule has 0 aromatic carbocycles. The third-order valence-electron chi connectivity index (χ3n) is 7.68. The summed E-state index contributed by atoms with van der Waals surface area (Å²) in [7, 11) is 0. The molecule has 0 aromatic heterocycles. The molecule has 4 bridgehead atoms. The van der Waals surface area contributed by atoms with Gasteiger partial charge in [0.15, 0.2) is 0 Å². The van der Waals surface area contributed by atoms with E-state index in [0.29, 0.717) is 50.4 Å². The van der Waals surface area contributed by atoms with Gasteiger partial charge in [-0.25, -0.2) is 4.79 Å². The van der Waals surface area contributed by atoms with Gasteiger partial charge in [-0.1, -0.05) is 21.8 Å². The van der Waals surface area contributed by atoms with E-state index in [4.69, 9.17) is 14.2 Å². The van der Waals surface area contributed by atoms with E-state index >= 15 is 0 Å². The van der Waals surface area contributed by atoms with Crippen molar-refractivity contribution in [3.63, 3.8) is 0 Å². The Hall–Kier alpha value is -1.80. The Balaban J connectivity index is 0.00000289. The van der Waals surface area contributed by atoms with Crippen molar-refractivity contribution in [3.05, 3.63) is 0 Å². The van der Waals surface area contributed by atoms with Gasteiger partial charge in [0, 0.05) is 0 Å². The molecule has 0 spiro atoms. The average Bonchev–Trinajstić information content (AvgIpc) is 2.68. The molecule has 0 aromatic rings. The normalized spacial score (nSPS) is 29.2. The Kier molecular flexibility index (Phi) is 9.29. The molecular weight excluding hydrogens is 453 g/mol. The maximum Gasteiger partial charge on any atom is 0.439 e. The SMILES string of the molecule is C.C.CCC(C)(C)C(=O)OCCOC(=O)C(C)(OC(=O)C12CC3CC(CC(C3)C1)C2)C(F)(F)F. The highest BCUT2D eigenvalue weighted by Gasteiger charge is 2.64. The van der Waals surface area contributed by atoms with Gasteiger partial charge in [0.1, 0.15) is 13.2 Å². The summed E-state index contributed by atoms with van der Waals surface area (Å²) in [5.41, 5.74) is -5.11. The van der Waals surface area contributed by atoms with Gasteiger partial charge in [0.2, 0.25) is 0 Å². The van der Waals surface area contributed by atoms with Crippen LogP contribution in [-0.4, -0.2) is 42.9 Å². The fourth-order valence-corrected chi connectivity index (χ4v) is 5.62.